The third-order valence-electron chi connectivity index (χ3n) is 2.96. The zero-order chi connectivity index (χ0) is 14.4. The zero-order valence-electron chi connectivity index (χ0n) is 11.3. The highest BCUT2D eigenvalue weighted by atomic mass is 16.4. The molecule has 0 bridgehead atoms. The summed E-state index contributed by atoms with van der Waals surface area (Å²) in [5.74, 6) is -1.57. The number of carboxylic acid groups (broad SMARTS) is 1. The summed E-state index contributed by atoms with van der Waals surface area (Å²) in [6.07, 6.45) is 1.55. The minimum atomic E-state index is -1.06. The molecule has 0 aliphatic heterocycles. The van der Waals surface area contributed by atoms with Crippen molar-refractivity contribution in [2.75, 3.05) is 11.9 Å². The van der Waals surface area contributed by atoms with E-state index in [-0.39, 0.29) is 23.9 Å². The summed E-state index contributed by atoms with van der Waals surface area (Å²) in [4.78, 5) is 23.2. The molecule has 1 amide bonds. The second-order valence-corrected chi connectivity index (χ2v) is 4.56. The van der Waals surface area contributed by atoms with E-state index in [1.165, 1.54) is 6.07 Å². The van der Waals surface area contributed by atoms with Crippen LogP contribution in [0.5, 0.6) is 0 Å². The standard InChI is InChI=1S/C14H20N2O3/c1-3-4-10(8-15)13(17)16-12-6-5-9(2)7-11(12)14(18)19/h5-7,10H,3-4,8,15H2,1-2H3,(H,16,17)(H,18,19). The monoisotopic (exact) mass is 264 g/mol. The summed E-state index contributed by atoms with van der Waals surface area (Å²) in [6.45, 7) is 4.04. The SMILES string of the molecule is CCCC(CN)C(=O)Nc1ccc(C)cc1C(=O)O. The van der Waals surface area contributed by atoms with Crippen molar-refractivity contribution in [2.24, 2.45) is 11.7 Å². The number of hydrogen-bond acceptors (Lipinski definition) is 3. The van der Waals surface area contributed by atoms with Gasteiger partial charge in [-0.05, 0) is 25.5 Å². The second kappa shape index (κ2) is 6.89. The predicted octanol–water partition coefficient (Wildman–Crippen LogP) is 2.01. The van der Waals surface area contributed by atoms with Gasteiger partial charge in [-0.3, -0.25) is 4.79 Å². The van der Waals surface area contributed by atoms with Crippen LogP contribution < -0.4 is 11.1 Å². The molecule has 5 heteroatoms. The fourth-order valence-corrected chi connectivity index (χ4v) is 1.88. The first kappa shape index (κ1) is 15.2. The molecule has 0 aromatic heterocycles. The number of amides is 1. The average Bonchev–Trinajstić information content (AvgIpc) is 2.37. The number of nitrogens with one attached hydrogen (secondary N) is 1. The van der Waals surface area contributed by atoms with E-state index < -0.39 is 5.97 Å². The number of rotatable bonds is 6. The highest BCUT2D eigenvalue weighted by Crippen LogP contribution is 2.19. The van der Waals surface area contributed by atoms with Crippen molar-refractivity contribution in [3.63, 3.8) is 0 Å². The number of aromatic carboxylic acids is 1. The van der Waals surface area contributed by atoms with Crippen LogP contribution >= 0.6 is 0 Å². The lowest BCUT2D eigenvalue weighted by Crippen LogP contribution is -2.29. The van der Waals surface area contributed by atoms with E-state index in [0.29, 0.717) is 12.1 Å². The summed E-state index contributed by atoms with van der Waals surface area (Å²) in [7, 11) is 0. The van der Waals surface area contributed by atoms with E-state index in [1.807, 2.05) is 6.92 Å². The first-order valence-corrected chi connectivity index (χ1v) is 6.34. The minimum absolute atomic E-state index is 0.0978. The van der Waals surface area contributed by atoms with Gasteiger partial charge in [-0.15, -0.1) is 0 Å². The molecule has 0 radical (unpaired) electrons. The maximum atomic E-state index is 12.0. The van der Waals surface area contributed by atoms with Gasteiger partial charge in [-0.1, -0.05) is 25.0 Å². The van der Waals surface area contributed by atoms with Crippen LogP contribution in [-0.2, 0) is 4.79 Å². The van der Waals surface area contributed by atoms with E-state index in [0.717, 1.165) is 12.0 Å². The molecule has 1 atom stereocenters. The minimum Gasteiger partial charge on any atom is -0.478 e. The van der Waals surface area contributed by atoms with Crippen molar-refractivity contribution in [1.82, 2.24) is 0 Å². The number of hydrogen-bond donors (Lipinski definition) is 3. The number of carbonyl (C=O) groups is 2. The van der Waals surface area contributed by atoms with Gasteiger partial charge < -0.3 is 16.2 Å². The van der Waals surface area contributed by atoms with E-state index >= 15 is 0 Å². The summed E-state index contributed by atoms with van der Waals surface area (Å²) in [6, 6.07) is 4.91. The molecule has 0 heterocycles. The Kier molecular flexibility index (Phi) is 5.51. The molecule has 0 saturated heterocycles. The summed E-state index contributed by atoms with van der Waals surface area (Å²) < 4.78 is 0. The Morgan fingerprint density at radius 3 is 2.63 bits per heavy atom. The fraction of sp³-hybridized carbons (Fsp3) is 0.429. The summed E-state index contributed by atoms with van der Waals surface area (Å²) in [5.41, 5.74) is 6.81. The fourth-order valence-electron chi connectivity index (χ4n) is 1.88. The maximum Gasteiger partial charge on any atom is 0.337 e. The number of anilines is 1. The Balaban J connectivity index is 2.92. The van der Waals surface area contributed by atoms with Crippen molar-refractivity contribution >= 4 is 17.6 Å². The van der Waals surface area contributed by atoms with Crippen LogP contribution in [0.2, 0.25) is 0 Å². The van der Waals surface area contributed by atoms with Crippen LogP contribution in [0.25, 0.3) is 0 Å². The van der Waals surface area contributed by atoms with Gasteiger partial charge in [0.1, 0.15) is 0 Å². The maximum absolute atomic E-state index is 12.0. The van der Waals surface area contributed by atoms with Crippen molar-refractivity contribution in [3.05, 3.63) is 29.3 Å². The molecule has 1 aromatic carbocycles. The lowest BCUT2D eigenvalue weighted by Gasteiger charge is -2.15. The van der Waals surface area contributed by atoms with Gasteiger partial charge in [0.15, 0.2) is 0 Å². The van der Waals surface area contributed by atoms with Crippen molar-refractivity contribution < 1.29 is 14.7 Å². The van der Waals surface area contributed by atoms with Crippen molar-refractivity contribution in [2.45, 2.75) is 26.7 Å². The Morgan fingerprint density at radius 2 is 2.11 bits per heavy atom. The molecule has 1 unspecified atom stereocenters. The molecule has 4 N–H and O–H groups in total. The molecule has 0 aliphatic rings. The Hall–Kier alpha value is -1.88. The third-order valence-corrected chi connectivity index (χ3v) is 2.96. The van der Waals surface area contributed by atoms with Gasteiger partial charge in [-0.25, -0.2) is 4.79 Å². The summed E-state index contributed by atoms with van der Waals surface area (Å²) in [5, 5.41) is 11.8. The van der Waals surface area contributed by atoms with Crippen LogP contribution in [0.3, 0.4) is 0 Å². The first-order chi connectivity index (χ1) is 8.99. The first-order valence-electron chi connectivity index (χ1n) is 6.34. The second-order valence-electron chi connectivity index (χ2n) is 4.56. The van der Waals surface area contributed by atoms with Gasteiger partial charge in [0, 0.05) is 6.54 Å². The number of aryl methyl sites for hydroxylation is 1. The van der Waals surface area contributed by atoms with Crippen molar-refractivity contribution in [1.29, 1.82) is 0 Å². The van der Waals surface area contributed by atoms with Crippen LogP contribution in [0.1, 0.15) is 35.7 Å². The molecular formula is C14H20N2O3. The van der Waals surface area contributed by atoms with Gasteiger partial charge >= 0.3 is 5.97 Å². The molecule has 0 aliphatic carbocycles. The molecule has 19 heavy (non-hydrogen) atoms. The van der Waals surface area contributed by atoms with E-state index in [9.17, 15) is 9.59 Å². The number of nitrogens with two attached hydrogens (primary N) is 1. The van der Waals surface area contributed by atoms with Crippen LogP contribution in [0, 0.1) is 12.8 Å². The quantitative estimate of drug-likeness (QED) is 0.732. The predicted molar refractivity (Wildman–Crippen MR) is 74.2 cm³/mol. The Morgan fingerprint density at radius 1 is 1.42 bits per heavy atom. The lowest BCUT2D eigenvalue weighted by atomic mass is 10.0. The van der Waals surface area contributed by atoms with E-state index in [1.54, 1.807) is 19.1 Å². The Labute approximate surface area is 112 Å². The molecular weight excluding hydrogens is 244 g/mol. The number of carboxylic acids is 1. The highest BCUT2D eigenvalue weighted by molar-refractivity contribution is 6.01. The third kappa shape index (κ3) is 4.06. The average molecular weight is 264 g/mol. The van der Waals surface area contributed by atoms with Gasteiger partial charge in [0.2, 0.25) is 5.91 Å². The number of carbonyl (C=O) groups excluding carboxylic acids is 1. The molecule has 0 fully saturated rings. The molecule has 5 nitrogen and oxygen atoms in total. The van der Waals surface area contributed by atoms with Crippen LogP contribution in [0.15, 0.2) is 18.2 Å². The molecule has 1 aromatic rings. The van der Waals surface area contributed by atoms with Crippen LogP contribution in [0.4, 0.5) is 5.69 Å². The lowest BCUT2D eigenvalue weighted by molar-refractivity contribution is -0.119. The van der Waals surface area contributed by atoms with E-state index in [2.05, 4.69) is 5.32 Å². The van der Waals surface area contributed by atoms with Crippen LogP contribution in [-0.4, -0.2) is 23.5 Å². The van der Waals surface area contributed by atoms with E-state index in [4.69, 9.17) is 10.8 Å². The van der Waals surface area contributed by atoms with Gasteiger partial charge in [0.05, 0.1) is 17.2 Å². The van der Waals surface area contributed by atoms with Gasteiger partial charge in [0.25, 0.3) is 0 Å². The summed E-state index contributed by atoms with van der Waals surface area (Å²) >= 11 is 0. The topological polar surface area (TPSA) is 92.4 Å². The molecule has 104 valence electrons. The molecule has 1 rings (SSSR count). The number of benzene rings is 1. The molecule has 0 spiro atoms. The van der Waals surface area contributed by atoms with Crippen molar-refractivity contribution in [3.8, 4) is 0 Å². The smallest absolute Gasteiger partial charge is 0.337 e. The Bertz CT molecular complexity index is 472. The normalized spacial score (nSPS) is 11.9. The highest BCUT2D eigenvalue weighted by Gasteiger charge is 2.18. The van der Waals surface area contributed by atoms with Gasteiger partial charge in [-0.2, -0.15) is 0 Å². The largest absolute Gasteiger partial charge is 0.478 e. The molecule has 0 saturated carbocycles. The zero-order valence-corrected chi connectivity index (χ0v) is 11.3.